The molecule has 0 spiro atoms. The van der Waals surface area contributed by atoms with Crippen LogP contribution < -0.4 is 4.90 Å². The Bertz CT molecular complexity index is 863. The summed E-state index contributed by atoms with van der Waals surface area (Å²) in [6.45, 7) is 4.38. The maximum absolute atomic E-state index is 13.1. The first-order valence-electron chi connectivity index (χ1n) is 9.08. The minimum absolute atomic E-state index is 0.216. The minimum Gasteiger partial charge on any atom is -0.370 e. The van der Waals surface area contributed by atoms with Crippen LogP contribution >= 0.6 is 11.8 Å². The zero-order valence-corrected chi connectivity index (χ0v) is 15.8. The van der Waals surface area contributed by atoms with Crippen molar-refractivity contribution in [1.82, 2.24) is 14.8 Å². The fraction of sp³-hybridized carbons (Fsp3) is 0.300. The zero-order chi connectivity index (χ0) is 18.5. The van der Waals surface area contributed by atoms with Crippen LogP contribution in [0.15, 0.2) is 59.8 Å². The lowest BCUT2D eigenvalue weighted by molar-refractivity contribution is -0.922. The van der Waals surface area contributed by atoms with Gasteiger partial charge in [0.1, 0.15) is 25.5 Å². The van der Waals surface area contributed by atoms with E-state index < -0.39 is 0 Å². The molecule has 0 radical (unpaired) electrons. The van der Waals surface area contributed by atoms with Crippen molar-refractivity contribution in [3.05, 3.63) is 71.8 Å². The van der Waals surface area contributed by atoms with Gasteiger partial charge >= 0.3 is 0 Å². The Morgan fingerprint density at radius 1 is 1.00 bits per heavy atom. The number of benzene rings is 2. The number of aromatic nitrogens is 3. The van der Waals surface area contributed by atoms with Gasteiger partial charge in [0.25, 0.3) is 0 Å². The summed E-state index contributed by atoms with van der Waals surface area (Å²) in [7, 11) is 0. The number of morpholine rings is 1. The Labute approximate surface area is 162 Å². The number of quaternary nitrogens is 1. The quantitative estimate of drug-likeness (QED) is 0.660. The molecule has 27 heavy (non-hydrogen) atoms. The molecule has 7 heteroatoms. The third-order valence-electron chi connectivity index (χ3n) is 4.60. The van der Waals surface area contributed by atoms with Crippen LogP contribution in [-0.2, 0) is 17.0 Å². The first kappa shape index (κ1) is 18.2. The fourth-order valence-corrected chi connectivity index (χ4v) is 4.06. The fourth-order valence-electron chi connectivity index (χ4n) is 3.13. The highest BCUT2D eigenvalue weighted by molar-refractivity contribution is 7.98. The van der Waals surface area contributed by atoms with Gasteiger partial charge in [0.15, 0.2) is 11.0 Å². The second kappa shape index (κ2) is 8.65. The first-order chi connectivity index (χ1) is 13.3. The van der Waals surface area contributed by atoms with E-state index in [0.29, 0.717) is 0 Å². The molecule has 1 fully saturated rings. The molecule has 0 bridgehead atoms. The van der Waals surface area contributed by atoms with Crippen LogP contribution in [-0.4, -0.2) is 41.1 Å². The minimum atomic E-state index is -0.216. The van der Waals surface area contributed by atoms with Gasteiger partial charge in [-0.1, -0.05) is 42.1 Å². The number of nitrogens with one attached hydrogen (secondary N) is 1. The molecule has 0 saturated carbocycles. The lowest BCUT2D eigenvalue weighted by Crippen LogP contribution is -3.12. The number of para-hydroxylation sites is 1. The lowest BCUT2D eigenvalue weighted by atomic mass is 10.2. The summed E-state index contributed by atoms with van der Waals surface area (Å²) in [5.74, 6) is 1.46. The molecule has 1 N–H and O–H groups in total. The van der Waals surface area contributed by atoms with Crippen LogP contribution in [0.2, 0.25) is 0 Å². The predicted molar refractivity (Wildman–Crippen MR) is 103 cm³/mol. The van der Waals surface area contributed by atoms with Crippen LogP contribution in [0, 0.1) is 5.82 Å². The predicted octanol–water partition coefficient (Wildman–Crippen LogP) is 2.11. The summed E-state index contributed by atoms with van der Waals surface area (Å²) in [6, 6.07) is 16.8. The van der Waals surface area contributed by atoms with Gasteiger partial charge in [-0.2, -0.15) is 0 Å². The van der Waals surface area contributed by atoms with Gasteiger partial charge in [-0.05, 0) is 29.8 Å². The Kier molecular flexibility index (Phi) is 5.81. The third kappa shape index (κ3) is 4.55. The maximum atomic E-state index is 13.1. The van der Waals surface area contributed by atoms with Gasteiger partial charge in [-0.3, -0.25) is 4.57 Å². The van der Waals surface area contributed by atoms with Gasteiger partial charge < -0.3 is 9.64 Å². The van der Waals surface area contributed by atoms with Crippen LogP contribution in [0.1, 0.15) is 11.4 Å². The molecule has 1 aliphatic rings. The number of hydrogen-bond donors (Lipinski definition) is 1. The molecule has 1 aromatic heterocycles. The van der Waals surface area contributed by atoms with Crippen LogP contribution in [0.4, 0.5) is 4.39 Å². The first-order valence-corrected chi connectivity index (χ1v) is 10.1. The maximum Gasteiger partial charge on any atom is 0.196 e. The number of hydrogen-bond acceptors (Lipinski definition) is 4. The molecule has 1 aliphatic heterocycles. The molecule has 1 saturated heterocycles. The molecule has 4 rings (SSSR count). The van der Waals surface area contributed by atoms with E-state index in [1.165, 1.54) is 17.0 Å². The van der Waals surface area contributed by atoms with Crippen LogP contribution in [0.5, 0.6) is 0 Å². The molecule has 140 valence electrons. The van der Waals surface area contributed by atoms with Gasteiger partial charge in [0, 0.05) is 11.4 Å². The number of halogens is 1. The summed E-state index contributed by atoms with van der Waals surface area (Å²) in [5, 5.41) is 9.79. The van der Waals surface area contributed by atoms with Crippen molar-refractivity contribution in [2.45, 2.75) is 17.5 Å². The van der Waals surface area contributed by atoms with Crippen molar-refractivity contribution >= 4 is 11.8 Å². The van der Waals surface area contributed by atoms with Gasteiger partial charge in [-0.25, -0.2) is 4.39 Å². The number of ether oxygens (including phenoxy) is 1. The number of thioether (sulfide) groups is 1. The third-order valence-corrected chi connectivity index (χ3v) is 5.60. The molecule has 2 aromatic carbocycles. The molecule has 0 atom stereocenters. The standard InChI is InChI=1S/C20H21FN4OS/c21-17-8-6-16(7-9-17)15-27-20-23-22-19(14-24-10-12-26-13-11-24)25(20)18-4-2-1-3-5-18/h1-9H,10-15H2/p+1. The molecule has 0 unspecified atom stereocenters. The Balaban J connectivity index is 1.57. The monoisotopic (exact) mass is 385 g/mol. The van der Waals surface area contributed by atoms with E-state index in [1.54, 1.807) is 11.8 Å². The van der Waals surface area contributed by atoms with E-state index in [2.05, 4.69) is 26.9 Å². The van der Waals surface area contributed by atoms with Crippen molar-refractivity contribution in [3.8, 4) is 5.69 Å². The van der Waals surface area contributed by atoms with Crippen LogP contribution in [0.3, 0.4) is 0 Å². The highest BCUT2D eigenvalue weighted by Gasteiger charge is 2.21. The van der Waals surface area contributed by atoms with Crippen molar-refractivity contribution < 1.29 is 14.0 Å². The summed E-state index contributed by atoms with van der Waals surface area (Å²) < 4.78 is 20.7. The van der Waals surface area contributed by atoms with E-state index >= 15 is 0 Å². The van der Waals surface area contributed by atoms with E-state index in [4.69, 9.17) is 4.74 Å². The average Bonchev–Trinajstić information content (AvgIpc) is 3.11. The molecule has 5 nitrogen and oxygen atoms in total. The van der Waals surface area contributed by atoms with E-state index in [-0.39, 0.29) is 5.82 Å². The second-order valence-electron chi connectivity index (χ2n) is 6.52. The molecule has 3 aromatic rings. The Hall–Kier alpha value is -2.22. The topological polar surface area (TPSA) is 44.4 Å². The SMILES string of the molecule is Fc1ccc(CSc2nnc(C[NH+]3CCOCC3)n2-c2ccccc2)cc1. The molecular formula is C20H22FN4OS+. The smallest absolute Gasteiger partial charge is 0.196 e. The highest BCUT2D eigenvalue weighted by Crippen LogP contribution is 2.25. The lowest BCUT2D eigenvalue weighted by Gasteiger charge is -2.23. The molecule has 0 amide bonds. The number of nitrogens with zero attached hydrogens (tertiary/aromatic N) is 3. The van der Waals surface area contributed by atoms with Gasteiger partial charge in [0.05, 0.1) is 13.2 Å². The Morgan fingerprint density at radius 3 is 2.48 bits per heavy atom. The van der Waals surface area contributed by atoms with Gasteiger partial charge in [0.2, 0.25) is 0 Å². The largest absolute Gasteiger partial charge is 0.370 e. The van der Waals surface area contributed by atoms with Gasteiger partial charge in [-0.15, -0.1) is 10.2 Å². The molecular weight excluding hydrogens is 363 g/mol. The summed E-state index contributed by atoms with van der Waals surface area (Å²) in [5.41, 5.74) is 2.12. The van der Waals surface area contributed by atoms with E-state index in [9.17, 15) is 4.39 Å². The summed E-state index contributed by atoms with van der Waals surface area (Å²) >= 11 is 1.62. The molecule has 0 aliphatic carbocycles. The Morgan fingerprint density at radius 2 is 1.74 bits per heavy atom. The van der Waals surface area contributed by atoms with Crippen molar-refractivity contribution in [2.24, 2.45) is 0 Å². The van der Waals surface area contributed by atoms with Crippen molar-refractivity contribution in [2.75, 3.05) is 26.3 Å². The normalized spacial score (nSPS) is 15.1. The summed E-state index contributed by atoms with van der Waals surface area (Å²) in [4.78, 5) is 1.46. The second-order valence-corrected chi connectivity index (χ2v) is 7.47. The zero-order valence-electron chi connectivity index (χ0n) is 15.0. The number of rotatable bonds is 6. The highest BCUT2D eigenvalue weighted by atomic mass is 32.2. The van der Waals surface area contributed by atoms with E-state index in [0.717, 1.165) is 60.8 Å². The van der Waals surface area contributed by atoms with Crippen molar-refractivity contribution in [3.63, 3.8) is 0 Å². The summed E-state index contributed by atoms with van der Waals surface area (Å²) in [6.07, 6.45) is 0. The average molecular weight is 385 g/mol. The van der Waals surface area contributed by atoms with Crippen molar-refractivity contribution in [1.29, 1.82) is 0 Å². The molecule has 2 heterocycles. The van der Waals surface area contributed by atoms with E-state index in [1.807, 2.05) is 30.3 Å². The van der Waals surface area contributed by atoms with Crippen LogP contribution in [0.25, 0.3) is 5.69 Å².